The summed E-state index contributed by atoms with van der Waals surface area (Å²) in [5, 5.41) is 10.4. The Kier molecular flexibility index (Phi) is 4.29. The van der Waals surface area contributed by atoms with Crippen LogP contribution in [0.25, 0.3) is 0 Å². The molecule has 1 aromatic heterocycles. The van der Waals surface area contributed by atoms with Gasteiger partial charge in [-0.05, 0) is 29.8 Å². The Labute approximate surface area is 112 Å². The van der Waals surface area contributed by atoms with Crippen LogP contribution in [0.4, 0.5) is 17.6 Å². The van der Waals surface area contributed by atoms with Gasteiger partial charge in [0.2, 0.25) is 0 Å². The summed E-state index contributed by atoms with van der Waals surface area (Å²) in [7, 11) is 0. The summed E-state index contributed by atoms with van der Waals surface area (Å²) in [5.41, 5.74) is -0.232. The molecule has 0 unspecified atom stereocenters. The Balaban J connectivity index is 2.00. The maximum absolute atomic E-state index is 13.1. The van der Waals surface area contributed by atoms with Gasteiger partial charge in [-0.3, -0.25) is 0 Å². The standard InChI is InChI=1S/C13H11F4N3/c14-12-4-3-9(6-11(12)13(15,16)17)7-18-8-10-2-1-5-19-20-10/h1-6,18H,7-8H2. The van der Waals surface area contributed by atoms with Gasteiger partial charge in [0.25, 0.3) is 0 Å². The van der Waals surface area contributed by atoms with Gasteiger partial charge in [0.05, 0.1) is 11.3 Å². The number of hydrogen-bond donors (Lipinski definition) is 1. The average molecular weight is 285 g/mol. The molecule has 0 amide bonds. The van der Waals surface area contributed by atoms with E-state index in [0.29, 0.717) is 17.8 Å². The van der Waals surface area contributed by atoms with Gasteiger partial charge in [-0.1, -0.05) is 6.07 Å². The van der Waals surface area contributed by atoms with E-state index in [2.05, 4.69) is 15.5 Å². The van der Waals surface area contributed by atoms with Crippen LogP contribution >= 0.6 is 0 Å². The molecule has 0 bridgehead atoms. The highest BCUT2D eigenvalue weighted by atomic mass is 19.4. The first-order valence-corrected chi connectivity index (χ1v) is 5.80. The quantitative estimate of drug-likeness (QED) is 0.878. The van der Waals surface area contributed by atoms with Gasteiger partial charge in [-0.15, -0.1) is 0 Å². The molecule has 1 N–H and O–H groups in total. The predicted molar refractivity (Wildman–Crippen MR) is 64.0 cm³/mol. The third-order valence-corrected chi connectivity index (χ3v) is 2.60. The second kappa shape index (κ2) is 5.96. The third-order valence-electron chi connectivity index (χ3n) is 2.60. The molecule has 2 rings (SSSR count). The van der Waals surface area contributed by atoms with Gasteiger partial charge >= 0.3 is 6.18 Å². The smallest absolute Gasteiger partial charge is 0.307 e. The van der Waals surface area contributed by atoms with Crippen molar-refractivity contribution >= 4 is 0 Å². The number of benzene rings is 1. The summed E-state index contributed by atoms with van der Waals surface area (Å²) in [5.74, 6) is -1.27. The van der Waals surface area contributed by atoms with Crippen LogP contribution in [0.1, 0.15) is 16.8 Å². The van der Waals surface area contributed by atoms with Gasteiger partial charge in [0, 0.05) is 19.3 Å². The highest BCUT2D eigenvalue weighted by Crippen LogP contribution is 2.31. The number of halogens is 4. The molecule has 0 atom stereocenters. The highest BCUT2D eigenvalue weighted by molar-refractivity contribution is 5.27. The molecule has 0 aliphatic rings. The van der Waals surface area contributed by atoms with Crippen LogP contribution in [0, 0.1) is 5.82 Å². The summed E-state index contributed by atoms with van der Waals surface area (Å²) in [6, 6.07) is 6.39. The van der Waals surface area contributed by atoms with Crippen molar-refractivity contribution in [3.05, 3.63) is 59.2 Å². The number of aromatic nitrogens is 2. The molecule has 7 heteroatoms. The van der Waals surface area contributed by atoms with Crippen molar-refractivity contribution in [2.75, 3.05) is 0 Å². The molecule has 1 aromatic carbocycles. The first-order chi connectivity index (χ1) is 9.47. The summed E-state index contributed by atoms with van der Waals surface area (Å²) in [6.07, 6.45) is -3.16. The van der Waals surface area contributed by atoms with Crippen LogP contribution in [0.5, 0.6) is 0 Å². The molecule has 3 nitrogen and oxygen atoms in total. The topological polar surface area (TPSA) is 37.8 Å². The molecule has 0 aliphatic carbocycles. The first-order valence-electron chi connectivity index (χ1n) is 5.80. The van der Waals surface area contributed by atoms with Crippen LogP contribution in [0.15, 0.2) is 36.5 Å². The number of nitrogens with zero attached hydrogens (tertiary/aromatic N) is 2. The molecule has 0 spiro atoms. The normalized spacial score (nSPS) is 11.6. The monoisotopic (exact) mass is 285 g/mol. The van der Waals surface area contributed by atoms with Gasteiger partial charge in [0.15, 0.2) is 0 Å². The Morgan fingerprint density at radius 2 is 1.90 bits per heavy atom. The van der Waals surface area contributed by atoms with E-state index in [1.54, 1.807) is 12.1 Å². The maximum Gasteiger partial charge on any atom is 0.419 e. The predicted octanol–water partition coefficient (Wildman–Crippen LogP) is 2.92. The van der Waals surface area contributed by atoms with E-state index in [0.717, 1.165) is 12.1 Å². The number of rotatable bonds is 4. The molecule has 0 saturated carbocycles. The number of hydrogen-bond acceptors (Lipinski definition) is 3. The zero-order chi connectivity index (χ0) is 14.6. The van der Waals surface area contributed by atoms with E-state index in [1.807, 2.05) is 0 Å². The fourth-order valence-corrected chi connectivity index (χ4v) is 1.66. The summed E-state index contributed by atoms with van der Waals surface area (Å²) >= 11 is 0. The molecule has 1 heterocycles. The molecule has 2 aromatic rings. The lowest BCUT2D eigenvalue weighted by molar-refractivity contribution is -0.140. The van der Waals surface area contributed by atoms with Gasteiger partial charge in [0.1, 0.15) is 5.82 Å². The fourth-order valence-electron chi connectivity index (χ4n) is 1.66. The van der Waals surface area contributed by atoms with Crippen LogP contribution < -0.4 is 5.32 Å². The van der Waals surface area contributed by atoms with Crippen LogP contribution in [-0.4, -0.2) is 10.2 Å². The zero-order valence-corrected chi connectivity index (χ0v) is 10.3. The second-order valence-corrected chi connectivity index (χ2v) is 4.13. The second-order valence-electron chi connectivity index (χ2n) is 4.13. The Morgan fingerprint density at radius 1 is 1.10 bits per heavy atom. The van der Waals surface area contributed by atoms with Crippen molar-refractivity contribution in [1.82, 2.24) is 15.5 Å². The van der Waals surface area contributed by atoms with E-state index < -0.39 is 17.6 Å². The fraction of sp³-hybridized carbons (Fsp3) is 0.231. The van der Waals surface area contributed by atoms with E-state index in [4.69, 9.17) is 0 Å². The van der Waals surface area contributed by atoms with Crippen LogP contribution in [0.3, 0.4) is 0 Å². The van der Waals surface area contributed by atoms with Crippen molar-refractivity contribution in [3.63, 3.8) is 0 Å². The van der Waals surface area contributed by atoms with E-state index in [-0.39, 0.29) is 6.54 Å². The van der Waals surface area contributed by atoms with Gasteiger partial charge in [-0.2, -0.15) is 23.4 Å². The zero-order valence-electron chi connectivity index (χ0n) is 10.3. The highest BCUT2D eigenvalue weighted by Gasteiger charge is 2.34. The Hall–Kier alpha value is -2.02. The molecule has 0 aliphatic heterocycles. The van der Waals surface area contributed by atoms with Crippen molar-refractivity contribution in [1.29, 1.82) is 0 Å². The van der Waals surface area contributed by atoms with Crippen LogP contribution in [0.2, 0.25) is 0 Å². The lowest BCUT2D eigenvalue weighted by Gasteiger charge is -2.10. The van der Waals surface area contributed by atoms with Gasteiger partial charge < -0.3 is 5.32 Å². The van der Waals surface area contributed by atoms with E-state index >= 15 is 0 Å². The molecular weight excluding hydrogens is 274 g/mol. The van der Waals surface area contributed by atoms with E-state index in [1.165, 1.54) is 12.3 Å². The molecule has 0 fully saturated rings. The summed E-state index contributed by atoms with van der Waals surface area (Å²) < 4.78 is 50.7. The summed E-state index contributed by atoms with van der Waals surface area (Å²) in [4.78, 5) is 0. The number of nitrogens with one attached hydrogen (secondary N) is 1. The van der Waals surface area contributed by atoms with Crippen molar-refractivity contribution in [3.8, 4) is 0 Å². The van der Waals surface area contributed by atoms with Gasteiger partial charge in [-0.25, -0.2) is 4.39 Å². The first kappa shape index (κ1) is 14.4. The van der Waals surface area contributed by atoms with Crippen molar-refractivity contribution in [2.24, 2.45) is 0 Å². The Morgan fingerprint density at radius 3 is 2.55 bits per heavy atom. The molecule has 20 heavy (non-hydrogen) atoms. The van der Waals surface area contributed by atoms with Crippen LogP contribution in [-0.2, 0) is 19.3 Å². The van der Waals surface area contributed by atoms with E-state index in [9.17, 15) is 17.6 Å². The molecular formula is C13H11F4N3. The maximum atomic E-state index is 13.1. The molecule has 0 radical (unpaired) electrons. The van der Waals surface area contributed by atoms with Crippen molar-refractivity contribution < 1.29 is 17.6 Å². The lowest BCUT2D eigenvalue weighted by Crippen LogP contribution is -2.15. The lowest BCUT2D eigenvalue weighted by atomic mass is 10.1. The Bertz CT molecular complexity index is 570. The minimum Gasteiger partial charge on any atom is -0.307 e. The minimum atomic E-state index is -4.69. The summed E-state index contributed by atoms with van der Waals surface area (Å²) in [6.45, 7) is 0.548. The molecule has 106 valence electrons. The average Bonchev–Trinajstić information content (AvgIpc) is 2.40. The minimum absolute atomic E-state index is 0.180. The third kappa shape index (κ3) is 3.74. The SMILES string of the molecule is Fc1ccc(CNCc2cccnn2)cc1C(F)(F)F. The largest absolute Gasteiger partial charge is 0.419 e. The molecule has 0 saturated heterocycles. The number of alkyl halides is 3. The van der Waals surface area contributed by atoms with Crippen molar-refractivity contribution in [2.45, 2.75) is 19.3 Å².